The Balaban J connectivity index is -0.000000659. The zero-order chi connectivity index (χ0) is 19.4. The lowest BCUT2D eigenvalue weighted by Gasteiger charge is -2.12. The molecular formula is C20H35NO3. The smallest absolute Gasteiger partial charge is 0.328 e. The van der Waals surface area contributed by atoms with Crippen molar-refractivity contribution in [2.75, 3.05) is 7.11 Å². The number of rotatable bonds is 5. The second kappa shape index (κ2) is 20.9. The molecule has 138 valence electrons. The predicted molar refractivity (Wildman–Crippen MR) is 104 cm³/mol. The van der Waals surface area contributed by atoms with Crippen molar-refractivity contribution >= 4 is 18.0 Å². The molecule has 0 aliphatic rings. The summed E-state index contributed by atoms with van der Waals surface area (Å²) in [6, 6.07) is 9.10. The summed E-state index contributed by atoms with van der Waals surface area (Å²) in [5.41, 5.74) is 1.05. The lowest BCUT2D eigenvalue weighted by Crippen LogP contribution is -2.39. The minimum absolute atomic E-state index is 0.251. The molecule has 0 heterocycles. The summed E-state index contributed by atoms with van der Waals surface area (Å²) in [6.07, 6.45) is 4.14. The van der Waals surface area contributed by atoms with Gasteiger partial charge in [0.2, 0.25) is 5.91 Å². The van der Waals surface area contributed by atoms with E-state index in [1.54, 1.807) is 0 Å². The maximum Gasteiger partial charge on any atom is 0.328 e. The average molecular weight is 338 g/mol. The maximum atomic E-state index is 11.4. The molecule has 24 heavy (non-hydrogen) atoms. The number of hydrogen-bond donors (Lipinski definition) is 1. The van der Waals surface area contributed by atoms with Gasteiger partial charge in [-0.2, -0.15) is 0 Å². The number of hydrogen-bond acceptors (Lipinski definition) is 3. The molecule has 0 aliphatic carbocycles. The van der Waals surface area contributed by atoms with E-state index in [0.717, 1.165) is 5.56 Å². The first-order chi connectivity index (χ1) is 11.6. The van der Waals surface area contributed by atoms with E-state index in [2.05, 4.69) is 10.1 Å². The zero-order valence-electron chi connectivity index (χ0n) is 16.6. The molecule has 0 spiro atoms. The molecule has 0 saturated heterocycles. The van der Waals surface area contributed by atoms with Crippen LogP contribution >= 0.6 is 0 Å². The minimum Gasteiger partial charge on any atom is -0.467 e. The summed E-state index contributed by atoms with van der Waals surface area (Å²) in [7, 11) is 1.30. The molecule has 0 aromatic heterocycles. The highest BCUT2D eigenvalue weighted by Crippen LogP contribution is 2.04. The van der Waals surface area contributed by atoms with Crippen LogP contribution in [0.25, 0.3) is 6.08 Å². The highest BCUT2D eigenvalue weighted by Gasteiger charge is 2.17. The fraction of sp³-hybridized carbons (Fsp3) is 0.500. The molecule has 1 aromatic carbocycles. The normalized spacial score (nSPS) is 9.83. The molecule has 1 N–H and O–H groups in total. The molecule has 4 heteroatoms. The van der Waals surface area contributed by atoms with Crippen LogP contribution in [0.2, 0.25) is 0 Å². The van der Waals surface area contributed by atoms with Gasteiger partial charge in [0.1, 0.15) is 6.04 Å². The Morgan fingerprint density at radius 2 is 1.54 bits per heavy atom. The summed E-state index contributed by atoms with van der Waals surface area (Å²) in [6.45, 7) is 13.4. The number of ether oxygens (including phenoxy) is 1. The van der Waals surface area contributed by atoms with E-state index in [0.29, 0.717) is 6.42 Å². The molecule has 1 aromatic rings. The van der Waals surface area contributed by atoms with Crippen molar-refractivity contribution in [3.63, 3.8) is 0 Å². The SMILES string of the molecule is CC.CC.CC.COC(=O)C(C/C=C/c1ccccc1)NC(C)=O. The van der Waals surface area contributed by atoms with E-state index < -0.39 is 12.0 Å². The van der Waals surface area contributed by atoms with E-state index in [1.807, 2.05) is 84.0 Å². The summed E-state index contributed by atoms with van der Waals surface area (Å²) in [4.78, 5) is 22.4. The highest BCUT2D eigenvalue weighted by molar-refractivity contribution is 5.83. The van der Waals surface area contributed by atoms with E-state index in [4.69, 9.17) is 0 Å². The molecule has 0 radical (unpaired) electrons. The van der Waals surface area contributed by atoms with Crippen LogP contribution in [0, 0.1) is 0 Å². The lowest BCUT2D eigenvalue weighted by molar-refractivity contribution is -0.144. The molecule has 0 aliphatic heterocycles. The van der Waals surface area contributed by atoms with Gasteiger partial charge in [0, 0.05) is 6.92 Å². The van der Waals surface area contributed by atoms with Crippen molar-refractivity contribution in [2.24, 2.45) is 0 Å². The van der Waals surface area contributed by atoms with Crippen molar-refractivity contribution in [1.29, 1.82) is 0 Å². The predicted octanol–water partition coefficient (Wildman–Crippen LogP) is 4.85. The van der Waals surface area contributed by atoms with Crippen molar-refractivity contribution < 1.29 is 14.3 Å². The number of nitrogens with one attached hydrogen (secondary N) is 1. The van der Waals surface area contributed by atoms with Crippen LogP contribution in [0.5, 0.6) is 0 Å². The van der Waals surface area contributed by atoms with Gasteiger partial charge in [-0.15, -0.1) is 0 Å². The van der Waals surface area contributed by atoms with Crippen LogP contribution in [0.4, 0.5) is 0 Å². The molecule has 0 saturated carbocycles. The lowest BCUT2D eigenvalue weighted by atomic mass is 10.1. The van der Waals surface area contributed by atoms with Gasteiger partial charge in [-0.25, -0.2) is 4.79 Å². The molecule has 1 rings (SSSR count). The number of amides is 1. The van der Waals surface area contributed by atoms with Gasteiger partial charge in [0.05, 0.1) is 7.11 Å². The quantitative estimate of drug-likeness (QED) is 0.782. The number of methoxy groups -OCH3 is 1. The first kappa shape index (κ1) is 26.8. The van der Waals surface area contributed by atoms with Crippen LogP contribution < -0.4 is 5.32 Å². The van der Waals surface area contributed by atoms with Crippen LogP contribution in [0.1, 0.15) is 60.5 Å². The first-order valence-corrected chi connectivity index (χ1v) is 8.70. The average Bonchev–Trinajstić information content (AvgIpc) is 2.65. The number of benzene rings is 1. The summed E-state index contributed by atoms with van der Waals surface area (Å²) in [5.74, 6) is -0.693. The summed E-state index contributed by atoms with van der Waals surface area (Å²) in [5, 5.41) is 2.55. The zero-order valence-corrected chi connectivity index (χ0v) is 16.6. The minimum atomic E-state index is -0.632. The first-order valence-electron chi connectivity index (χ1n) is 8.70. The maximum absolute atomic E-state index is 11.4. The van der Waals surface area contributed by atoms with Gasteiger partial charge in [0.15, 0.2) is 0 Å². The molecule has 1 amide bonds. The Hall–Kier alpha value is -2.10. The van der Waals surface area contributed by atoms with Crippen molar-refractivity contribution in [3.8, 4) is 0 Å². The fourth-order valence-electron chi connectivity index (χ4n) is 1.51. The number of esters is 1. The molecule has 0 fully saturated rings. The van der Waals surface area contributed by atoms with E-state index >= 15 is 0 Å². The topological polar surface area (TPSA) is 55.4 Å². The van der Waals surface area contributed by atoms with Crippen molar-refractivity contribution in [2.45, 2.75) is 60.9 Å². The fourth-order valence-corrected chi connectivity index (χ4v) is 1.51. The third kappa shape index (κ3) is 14.8. The largest absolute Gasteiger partial charge is 0.467 e. The third-order valence-electron chi connectivity index (χ3n) is 2.34. The van der Waals surface area contributed by atoms with Crippen LogP contribution in [-0.2, 0) is 14.3 Å². The van der Waals surface area contributed by atoms with Gasteiger partial charge in [-0.05, 0) is 12.0 Å². The van der Waals surface area contributed by atoms with Gasteiger partial charge < -0.3 is 10.1 Å². The highest BCUT2D eigenvalue weighted by atomic mass is 16.5. The monoisotopic (exact) mass is 337 g/mol. The van der Waals surface area contributed by atoms with Crippen molar-refractivity contribution in [3.05, 3.63) is 42.0 Å². The molecular weight excluding hydrogens is 302 g/mol. The molecule has 1 unspecified atom stereocenters. The Labute approximate surface area is 148 Å². The number of carbonyl (C=O) groups excluding carboxylic acids is 2. The molecule has 4 nitrogen and oxygen atoms in total. The standard InChI is InChI=1S/C14H17NO3.3C2H6/c1-11(16)15-13(14(17)18-2)10-6-9-12-7-4-3-5-8-12;3*1-2/h3-9,13H,10H2,1-2H3,(H,15,16);3*1-2H3/b9-6+;;;. The number of carbonyl (C=O) groups is 2. The van der Waals surface area contributed by atoms with Crippen molar-refractivity contribution in [1.82, 2.24) is 5.32 Å². The van der Waals surface area contributed by atoms with Crippen LogP contribution in [0.15, 0.2) is 36.4 Å². The van der Waals surface area contributed by atoms with Gasteiger partial charge in [-0.1, -0.05) is 84.0 Å². The Morgan fingerprint density at radius 3 is 1.96 bits per heavy atom. The molecule has 1 atom stereocenters. The van der Waals surface area contributed by atoms with Gasteiger partial charge in [0.25, 0.3) is 0 Å². The Morgan fingerprint density at radius 1 is 1.04 bits per heavy atom. The second-order valence-electron chi connectivity index (χ2n) is 3.83. The van der Waals surface area contributed by atoms with E-state index in [9.17, 15) is 9.59 Å². The summed E-state index contributed by atoms with van der Waals surface area (Å²) >= 11 is 0. The van der Waals surface area contributed by atoms with Gasteiger partial charge in [-0.3, -0.25) is 4.79 Å². The third-order valence-corrected chi connectivity index (χ3v) is 2.34. The van der Waals surface area contributed by atoms with Gasteiger partial charge >= 0.3 is 5.97 Å². The summed E-state index contributed by atoms with van der Waals surface area (Å²) < 4.78 is 4.63. The van der Waals surface area contributed by atoms with Crippen LogP contribution in [-0.4, -0.2) is 25.0 Å². The Bertz CT molecular complexity index is 428. The van der Waals surface area contributed by atoms with E-state index in [-0.39, 0.29) is 5.91 Å². The Kier molecular flexibility index (Phi) is 23.3. The molecule has 0 bridgehead atoms. The van der Waals surface area contributed by atoms with E-state index in [1.165, 1.54) is 14.0 Å². The second-order valence-corrected chi connectivity index (χ2v) is 3.83. The van der Waals surface area contributed by atoms with Crippen LogP contribution in [0.3, 0.4) is 0 Å².